The molecule has 7 heteroatoms. The summed E-state index contributed by atoms with van der Waals surface area (Å²) in [5.41, 5.74) is 5.10. The number of anilines is 2. The largest absolute Gasteiger partial charge is 0.381 e. The average Bonchev–Trinajstić information content (AvgIpc) is 3.21. The molecular weight excluding hydrogens is 456 g/mol. The van der Waals surface area contributed by atoms with Gasteiger partial charge in [-0.25, -0.2) is 4.98 Å². The lowest BCUT2D eigenvalue weighted by molar-refractivity contribution is -0.108. The summed E-state index contributed by atoms with van der Waals surface area (Å²) in [7, 11) is 0. The first kappa shape index (κ1) is 22.0. The smallest absolute Gasteiger partial charge is 0.263 e. The second kappa shape index (κ2) is 8.96. The van der Waals surface area contributed by atoms with E-state index in [1.807, 2.05) is 6.92 Å². The molecule has 6 rings (SSSR count). The van der Waals surface area contributed by atoms with Crippen molar-refractivity contribution in [1.29, 1.82) is 0 Å². The fourth-order valence-corrected chi connectivity index (χ4v) is 6.39. The van der Waals surface area contributed by atoms with Crippen LogP contribution in [0.4, 0.5) is 11.4 Å². The van der Waals surface area contributed by atoms with E-state index in [1.165, 1.54) is 17.0 Å². The monoisotopic (exact) mass is 484 g/mol. The van der Waals surface area contributed by atoms with Crippen molar-refractivity contribution >= 4 is 55.9 Å². The van der Waals surface area contributed by atoms with Crippen LogP contribution in [0.15, 0.2) is 48.5 Å². The molecule has 0 unspecified atom stereocenters. The number of amides is 1. The van der Waals surface area contributed by atoms with Gasteiger partial charge in [0.15, 0.2) is 0 Å². The molecule has 0 radical (unpaired) electrons. The summed E-state index contributed by atoms with van der Waals surface area (Å²) in [5, 5.41) is 8.69. The highest BCUT2D eigenvalue weighted by molar-refractivity contribution is 7.21. The number of aromatic nitrogens is 1. The lowest BCUT2D eigenvalue weighted by Crippen LogP contribution is -2.34. The molecule has 0 bridgehead atoms. The third-order valence-electron chi connectivity index (χ3n) is 7.26. The molecule has 0 aliphatic carbocycles. The van der Waals surface area contributed by atoms with E-state index < -0.39 is 0 Å². The molecule has 0 spiro atoms. The minimum absolute atomic E-state index is 0.00974. The van der Waals surface area contributed by atoms with Gasteiger partial charge in [-0.3, -0.25) is 4.79 Å². The third-order valence-corrected chi connectivity index (χ3v) is 8.42. The molecule has 1 atom stereocenters. The third kappa shape index (κ3) is 4.04. The Bertz CT molecular complexity index is 1420. The molecule has 4 heterocycles. The van der Waals surface area contributed by atoms with Crippen LogP contribution in [0.25, 0.3) is 32.2 Å². The van der Waals surface area contributed by atoms with Gasteiger partial charge in [0.05, 0.1) is 16.9 Å². The van der Waals surface area contributed by atoms with Gasteiger partial charge in [0.1, 0.15) is 11.2 Å². The predicted octanol–water partition coefficient (Wildman–Crippen LogP) is 5.47. The molecule has 2 N–H and O–H groups in total. The highest BCUT2D eigenvalue weighted by Gasteiger charge is 2.25. The molecule has 1 saturated heterocycles. The molecule has 2 aliphatic rings. The number of hydrogen-bond acceptors (Lipinski definition) is 6. The van der Waals surface area contributed by atoms with E-state index in [9.17, 15) is 9.59 Å². The summed E-state index contributed by atoms with van der Waals surface area (Å²) in [6, 6.07) is 17.0. The van der Waals surface area contributed by atoms with Crippen LogP contribution in [0.2, 0.25) is 0 Å². The Kier molecular flexibility index (Phi) is 5.65. The Morgan fingerprint density at radius 3 is 2.66 bits per heavy atom. The number of nitrogens with zero attached hydrogens (tertiary/aromatic N) is 2. The van der Waals surface area contributed by atoms with E-state index in [2.05, 4.69) is 64.1 Å². The fraction of sp³-hybridized carbons (Fsp3) is 0.321. The number of piperidine rings is 1. The minimum atomic E-state index is -0.00974. The van der Waals surface area contributed by atoms with Gasteiger partial charge in [-0.05, 0) is 62.1 Å². The lowest BCUT2D eigenvalue weighted by atomic mass is 9.94. The normalized spacial score (nSPS) is 18.7. The van der Waals surface area contributed by atoms with Gasteiger partial charge in [0, 0.05) is 58.8 Å². The summed E-state index contributed by atoms with van der Waals surface area (Å²) < 4.78 is 1.09. The van der Waals surface area contributed by atoms with Crippen LogP contribution >= 0.6 is 11.3 Å². The summed E-state index contributed by atoms with van der Waals surface area (Å²) in [6.07, 6.45) is 3.88. The van der Waals surface area contributed by atoms with E-state index in [-0.39, 0.29) is 11.9 Å². The Labute approximate surface area is 208 Å². The maximum atomic E-state index is 12.7. The zero-order valence-electron chi connectivity index (χ0n) is 19.7. The summed E-state index contributed by atoms with van der Waals surface area (Å²) in [6.45, 7) is 4.71. The average molecular weight is 485 g/mol. The molecular formula is C28H28N4O2S. The summed E-state index contributed by atoms with van der Waals surface area (Å²) in [4.78, 5) is 31.6. The molecule has 2 aromatic heterocycles. The molecule has 1 amide bonds. The van der Waals surface area contributed by atoms with Gasteiger partial charge in [-0.15, -0.1) is 11.3 Å². The second-order valence-corrected chi connectivity index (χ2v) is 10.7. The van der Waals surface area contributed by atoms with Crippen LogP contribution in [-0.2, 0) is 4.79 Å². The molecule has 0 saturated carbocycles. The highest BCUT2D eigenvalue weighted by atomic mass is 32.1. The number of nitrogens with one attached hydrogen (secondary N) is 2. The number of hydrogen-bond donors (Lipinski definition) is 2. The van der Waals surface area contributed by atoms with Crippen molar-refractivity contribution in [3.05, 3.63) is 53.4 Å². The van der Waals surface area contributed by atoms with Crippen molar-refractivity contribution in [2.45, 2.75) is 32.2 Å². The Balaban J connectivity index is 1.30. The van der Waals surface area contributed by atoms with E-state index in [4.69, 9.17) is 4.98 Å². The number of carbonyl (C=O) groups is 2. The molecule has 6 nitrogen and oxygen atoms in total. The number of carbonyl (C=O) groups excluding carboxylic acids is 2. The van der Waals surface area contributed by atoms with Gasteiger partial charge >= 0.3 is 0 Å². The van der Waals surface area contributed by atoms with Gasteiger partial charge in [-0.1, -0.05) is 12.1 Å². The highest BCUT2D eigenvalue weighted by Crippen LogP contribution is 2.41. The van der Waals surface area contributed by atoms with Crippen LogP contribution in [0.1, 0.15) is 35.9 Å². The number of rotatable bonds is 4. The van der Waals surface area contributed by atoms with Crippen LogP contribution in [0.3, 0.4) is 0 Å². The first-order valence-corrected chi connectivity index (χ1v) is 13.1. The molecule has 2 aromatic carbocycles. The maximum Gasteiger partial charge on any atom is 0.263 e. The van der Waals surface area contributed by atoms with Crippen molar-refractivity contribution in [1.82, 2.24) is 10.3 Å². The zero-order valence-corrected chi connectivity index (χ0v) is 20.5. The molecule has 2 aliphatic heterocycles. The molecule has 178 valence electrons. The van der Waals surface area contributed by atoms with Crippen molar-refractivity contribution in [2.75, 3.05) is 29.9 Å². The number of fused-ring (bicyclic) bond motifs is 5. The van der Waals surface area contributed by atoms with E-state index >= 15 is 0 Å². The number of aldehydes is 1. The standard InChI is InChI=1S/C28H28N4O2S/c1-17-16-29-26-25-21-6-7-22(31-23(21)8-9-24(25)35-27(26)28(34)30-17)19-2-4-20(5-3-19)32-13-10-18(11-14-32)12-15-33/h2-9,15,17-18,29H,10-14,16H2,1H3,(H,30,34)/t17-/m1/s1. The van der Waals surface area contributed by atoms with Crippen molar-refractivity contribution < 1.29 is 9.59 Å². The van der Waals surface area contributed by atoms with Crippen molar-refractivity contribution in [3.8, 4) is 11.3 Å². The van der Waals surface area contributed by atoms with E-state index in [1.54, 1.807) is 0 Å². The molecule has 35 heavy (non-hydrogen) atoms. The van der Waals surface area contributed by atoms with E-state index in [0.29, 0.717) is 18.9 Å². The number of benzene rings is 2. The first-order valence-electron chi connectivity index (χ1n) is 12.3. The fourth-order valence-electron chi connectivity index (χ4n) is 5.29. The minimum Gasteiger partial charge on any atom is -0.381 e. The van der Waals surface area contributed by atoms with Crippen LogP contribution in [0, 0.1) is 5.92 Å². The summed E-state index contributed by atoms with van der Waals surface area (Å²) in [5.74, 6) is 0.520. The van der Waals surface area contributed by atoms with Crippen LogP contribution in [0.5, 0.6) is 0 Å². The van der Waals surface area contributed by atoms with Crippen LogP contribution < -0.4 is 15.5 Å². The first-order chi connectivity index (χ1) is 17.1. The number of thiophene rings is 1. The molecule has 1 fully saturated rings. The second-order valence-electron chi connectivity index (χ2n) is 9.64. The Morgan fingerprint density at radius 1 is 1.09 bits per heavy atom. The predicted molar refractivity (Wildman–Crippen MR) is 144 cm³/mol. The zero-order chi connectivity index (χ0) is 23.9. The maximum absolute atomic E-state index is 12.7. The van der Waals surface area contributed by atoms with Gasteiger partial charge in [-0.2, -0.15) is 0 Å². The van der Waals surface area contributed by atoms with Gasteiger partial charge in [0.25, 0.3) is 5.91 Å². The van der Waals surface area contributed by atoms with E-state index in [0.717, 1.165) is 75.0 Å². The molecule has 4 aromatic rings. The number of pyridine rings is 1. The van der Waals surface area contributed by atoms with Crippen molar-refractivity contribution in [3.63, 3.8) is 0 Å². The van der Waals surface area contributed by atoms with Crippen molar-refractivity contribution in [2.24, 2.45) is 5.92 Å². The topological polar surface area (TPSA) is 74.3 Å². The van der Waals surface area contributed by atoms with Crippen LogP contribution in [-0.4, -0.2) is 42.9 Å². The Hall–Kier alpha value is -3.45. The van der Waals surface area contributed by atoms with Gasteiger partial charge < -0.3 is 20.3 Å². The quantitative estimate of drug-likeness (QED) is 0.376. The summed E-state index contributed by atoms with van der Waals surface area (Å²) >= 11 is 1.53. The Morgan fingerprint density at radius 2 is 1.89 bits per heavy atom. The lowest BCUT2D eigenvalue weighted by Gasteiger charge is -2.33. The van der Waals surface area contributed by atoms with Gasteiger partial charge in [0.2, 0.25) is 0 Å². The SMILES string of the molecule is C[C@@H]1CNc2c(sc3ccc4nc(-c5ccc(N6CCC(CC=O)CC6)cc5)ccc4c23)C(=O)N1.